The normalized spacial score (nSPS) is 23.2. The van der Waals surface area contributed by atoms with E-state index in [9.17, 15) is 0 Å². The van der Waals surface area contributed by atoms with Gasteiger partial charge in [0.05, 0.1) is 0 Å². The molecule has 21 heavy (non-hydrogen) atoms. The van der Waals surface area contributed by atoms with E-state index < -0.39 is 0 Å². The largest absolute Gasteiger partial charge is 0 e. The van der Waals surface area contributed by atoms with Crippen LogP contribution in [0.2, 0.25) is 10.5 Å². The average Bonchev–Trinajstić information content (AvgIpc) is 3.04. The minimum Gasteiger partial charge on any atom is 0 e. The van der Waals surface area contributed by atoms with Crippen LogP contribution in [0.1, 0.15) is 0 Å². The fourth-order valence-corrected chi connectivity index (χ4v) is 8.50. The summed E-state index contributed by atoms with van der Waals surface area (Å²) in [6.07, 6.45) is 19.7. The van der Waals surface area contributed by atoms with Gasteiger partial charge in [-0.25, -0.2) is 0 Å². The molecule has 0 aromatic heterocycles. The maximum Gasteiger partial charge on any atom is 0 e. The van der Waals surface area contributed by atoms with Gasteiger partial charge in [0.15, 0.2) is 0 Å². The summed E-state index contributed by atoms with van der Waals surface area (Å²) in [6.45, 7) is 0. The molecule has 0 bridgehead atoms. The van der Waals surface area contributed by atoms with Crippen molar-refractivity contribution in [1.82, 2.24) is 0 Å². The standard InChI is InChI=1S/C9H9Ge.C8H9Ge.2Y/c1-2-4-8-6-10-7-9(8)5-3-1;1-2-4-8-6-9-5-7(8)3-1;;/h1-6,10H,7H2;1-5,8-9H,6H2;;. The molecule has 4 aliphatic rings. The van der Waals surface area contributed by atoms with Gasteiger partial charge >= 0.3 is 129 Å². The Hall–Kier alpha value is 1.47. The third kappa shape index (κ3) is 6.12. The monoisotopic (exact) mass is 548 g/mol. The number of hydrogen-bond donors (Lipinski definition) is 0. The second kappa shape index (κ2) is 11.1. The fraction of sp³-hybridized carbons (Fsp3) is 0.176. The predicted octanol–water partition coefficient (Wildman–Crippen LogP) is 3.27. The zero-order valence-electron chi connectivity index (χ0n) is 12.2. The van der Waals surface area contributed by atoms with Gasteiger partial charge in [-0.15, -0.1) is 0 Å². The van der Waals surface area contributed by atoms with Crippen LogP contribution in [0.4, 0.5) is 0 Å². The number of rotatable bonds is 0. The third-order valence-corrected chi connectivity index (χ3v) is 9.28. The van der Waals surface area contributed by atoms with E-state index in [4.69, 9.17) is 0 Å². The smallest absolute Gasteiger partial charge is 0 e. The predicted molar refractivity (Wildman–Crippen MR) is 88.2 cm³/mol. The van der Waals surface area contributed by atoms with Crippen LogP contribution in [0, 0.1) is 5.92 Å². The van der Waals surface area contributed by atoms with Crippen LogP contribution >= 0.6 is 0 Å². The first-order chi connectivity index (χ1) is 9.43. The maximum atomic E-state index is 2.49. The molecule has 2 aliphatic carbocycles. The van der Waals surface area contributed by atoms with Crippen molar-refractivity contribution < 1.29 is 65.4 Å². The number of fused-ring (bicyclic) bond motifs is 2. The molecule has 100 valence electrons. The zero-order valence-corrected chi connectivity index (χ0v) is 22.7. The van der Waals surface area contributed by atoms with Gasteiger partial charge in [0.25, 0.3) is 0 Å². The summed E-state index contributed by atoms with van der Waals surface area (Å²) in [4.78, 5) is 4.95. The van der Waals surface area contributed by atoms with Crippen LogP contribution in [-0.4, -0.2) is 30.9 Å². The SMILES string of the molecule is C1=CC2=[CH][GeH][CH2]C2C=C1.C1=CC=C2[CH2][GeH][CH]=C2C=C1.[Y].[Y]. The van der Waals surface area contributed by atoms with Crippen LogP contribution in [0.3, 0.4) is 0 Å². The molecule has 2 heterocycles. The molecule has 0 amide bonds. The molecule has 4 heteroatoms. The Morgan fingerprint density at radius 1 is 0.857 bits per heavy atom. The Balaban J connectivity index is 0.000000192. The van der Waals surface area contributed by atoms with Crippen molar-refractivity contribution in [2.75, 3.05) is 0 Å². The van der Waals surface area contributed by atoms with Gasteiger partial charge < -0.3 is 0 Å². The molecule has 1 unspecified atom stereocenters. The Bertz CT molecular complexity index is 561. The first kappa shape index (κ1) is 20.5. The van der Waals surface area contributed by atoms with Crippen molar-refractivity contribution in [3.8, 4) is 0 Å². The Labute approximate surface area is 191 Å². The second-order valence-corrected chi connectivity index (χ2v) is 10.2. The maximum absolute atomic E-state index is 2.49. The van der Waals surface area contributed by atoms with Gasteiger partial charge in [0.2, 0.25) is 0 Å². The van der Waals surface area contributed by atoms with E-state index in [2.05, 4.69) is 64.5 Å². The van der Waals surface area contributed by atoms with E-state index in [-0.39, 0.29) is 96.3 Å². The molecule has 0 aromatic carbocycles. The van der Waals surface area contributed by atoms with Gasteiger partial charge in [-0.2, -0.15) is 0 Å². The van der Waals surface area contributed by atoms with E-state index in [0.717, 1.165) is 5.92 Å². The van der Waals surface area contributed by atoms with Crippen molar-refractivity contribution in [3.63, 3.8) is 0 Å². The molecule has 0 N–H and O–H groups in total. The summed E-state index contributed by atoms with van der Waals surface area (Å²) in [5.41, 5.74) is 4.65. The molecule has 0 saturated carbocycles. The Morgan fingerprint density at radius 2 is 1.71 bits per heavy atom. The summed E-state index contributed by atoms with van der Waals surface area (Å²) in [5, 5.41) is 2.87. The van der Waals surface area contributed by atoms with Crippen molar-refractivity contribution >= 4 is 30.9 Å². The molecule has 0 nitrogen and oxygen atoms in total. The van der Waals surface area contributed by atoms with Gasteiger partial charge in [0.1, 0.15) is 0 Å². The van der Waals surface area contributed by atoms with Crippen LogP contribution in [0.15, 0.2) is 81.2 Å². The van der Waals surface area contributed by atoms with Crippen LogP contribution < -0.4 is 0 Å². The van der Waals surface area contributed by atoms with Gasteiger partial charge in [-0.05, 0) is 0 Å². The Kier molecular flexibility index (Phi) is 10.8. The average molecular weight is 545 g/mol. The summed E-state index contributed by atoms with van der Waals surface area (Å²) < 4.78 is 0. The molecule has 4 radical (unpaired) electrons. The molecule has 0 fully saturated rings. The van der Waals surface area contributed by atoms with Crippen LogP contribution in [0.25, 0.3) is 0 Å². The molecular formula is C17H18Ge2Y2. The van der Waals surface area contributed by atoms with E-state index in [1.54, 1.807) is 11.1 Å². The van der Waals surface area contributed by atoms with Crippen molar-refractivity contribution in [2.24, 2.45) is 5.92 Å². The van der Waals surface area contributed by atoms with Crippen molar-refractivity contribution in [3.05, 3.63) is 81.2 Å². The minimum atomic E-state index is -0.000301. The molecule has 0 saturated heterocycles. The summed E-state index contributed by atoms with van der Waals surface area (Å²) in [6, 6.07) is 0. The van der Waals surface area contributed by atoms with E-state index in [1.807, 2.05) is 0 Å². The first-order valence-electron chi connectivity index (χ1n) is 6.89. The van der Waals surface area contributed by atoms with Crippen molar-refractivity contribution in [2.45, 2.75) is 10.5 Å². The number of allylic oxidation sites excluding steroid dienone is 12. The fourth-order valence-electron chi connectivity index (χ4n) is 2.60. The summed E-state index contributed by atoms with van der Waals surface area (Å²) in [5.74, 6) is 0.829. The first-order valence-corrected chi connectivity index (χ1v) is 13.1. The molecule has 0 spiro atoms. The van der Waals surface area contributed by atoms with Crippen LogP contribution in [-0.2, 0) is 65.4 Å². The number of hydrogen-bond acceptors (Lipinski definition) is 0. The van der Waals surface area contributed by atoms with Gasteiger partial charge in [-0.1, -0.05) is 0 Å². The molecular weight excluding hydrogens is 527 g/mol. The molecule has 1 atom stereocenters. The van der Waals surface area contributed by atoms with Crippen molar-refractivity contribution in [1.29, 1.82) is 0 Å². The van der Waals surface area contributed by atoms with E-state index in [0.29, 0.717) is 0 Å². The molecule has 4 rings (SSSR count). The van der Waals surface area contributed by atoms with Crippen LogP contribution in [0.5, 0.6) is 0 Å². The zero-order chi connectivity index (χ0) is 12.9. The van der Waals surface area contributed by atoms with E-state index in [1.165, 1.54) is 16.1 Å². The van der Waals surface area contributed by atoms with Gasteiger partial charge in [-0.3, -0.25) is 0 Å². The van der Waals surface area contributed by atoms with E-state index >= 15 is 0 Å². The molecule has 2 aliphatic heterocycles. The van der Waals surface area contributed by atoms with Gasteiger partial charge in [0, 0.05) is 65.4 Å². The third-order valence-electron chi connectivity index (χ3n) is 3.67. The summed E-state index contributed by atoms with van der Waals surface area (Å²) >= 11 is 0.0677. The molecule has 0 aromatic rings. The quantitative estimate of drug-likeness (QED) is 0.411. The Morgan fingerprint density at radius 3 is 2.57 bits per heavy atom. The summed E-state index contributed by atoms with van der Waals surface area (Å²) in [7, 11) is 0. The second-order valence-electron chi connectivity index (χ2n) is 4.99. The minimum absolute atomic E-state index is 0. The topological polar surface area (TPSA) is 0 Å².